The topological polar surface area (TPSA) is 49.4 Å². The first-order valence-corrected chi connectivity index (χ1v) is 7.80. The number of piperazine rings is 1. The van der Waals surface area contributed by atoms with Crippen LogP contribution in [0.15, 0.2) is 0 Å². The van der Waals surface area contributed by atoms with Gasteiger partial charge in [0, 0.05) is 6.54 Å². The maximum absolute atomic E-state index is 12.5. The van der Waals surface area contributed by atoms with Crippen LogP contribution in [-0.2, 0) is 9.59 Å². The fourth-order valence-electron chi connectivity index (χ4n) is 3.00. The van der Waals surface area contributed by atoms with Crippen molar-refractivity contribution in [2.24, 2.45) is 23.7 Å². The van der Waals surface area contributed by atoms with Crippen LogP contribution in [0.2, 0.25) is 0 Å². The molecule has 1 heterocycles. The van der Waals surface area contributed by atoms with Crippen molar-refractivity contribution in [2.45, 2.75) is 54.0 Å². The van der Waals surface area contributed by atoms with Crippen LogP contribution in [0.1, 0.15) is 48.0 Å². The zero-order chi connectivity index (χ0) is 15.4. The average molecular weight is 282 g/mol. The normalized spacial score (nSPS) is 20.5. The highest BCUT2D eigenvalue weighted by Crippen LogP contribution is 2.23. The number of nitrogens with one attached hydrogen (secondary N) is 1. The number of nitrogens with zero attached hydrogens (tertiary/aromatic N) is 1. The second kappa shape index (κ2) is 7.09. The molecule has 2 amide bonds. The minimum Gasteiger partial charge on any atom is -0.343 e. The molecule has 1 rings (SSSR count). The summed E-state index contributed by atoms with van der Waals surface area (Å²) < 4.78 is 0. The molecule has 1 N–H and O–H groups in total. The van der Waals surface area contributed by atoms with Gasteiger partial charge < -0.3 is 10.2 Å². The van der Waals surface area contributed by atoms with Crippen molar-refractivity contribution in [1.29, 1.82) is 0 Å². The third-order valence-electron chi connectivity index (χ3n) is 4.13. The standard InChI is InChI=1S/C16H30N2O2/c1-10(2)7-14-16(20)18(9-15(19)17-14)8-13(11(3)4)12(5)6/h10-14H,7-9H2,1-6H3,(H,17,19). The molecule has 0 aliphatic carbocycles. The summed E-state index contributed by atoms with van der Waals surface area (Å²) in [5.74, 6) is 1.92. The monoisotopic (exact) mass is 282 g/mol. The van der Waals surface area contributed by atoms with Crippen LogP contribution < -0.4 is 5.32 Å². The first-order chi connectivity index (χ1) is 9.22. The predicted octanol–water partition coefficient (Wildman–Crippen LogP) is 2.29. The van der Waals surface area contributed by atoms with Gasteiger partial charge >= 0.3 is 0 Å². The van der Waals surface area contributed by atoms with Crippen molar-refractivity contribution >= 4 is 11.8 Å². The molecule has 1 aliphatic rings. The quantitative estimate of drug-likeness (QED) is 0.812. The van der Waals surface area contributed by atoms with E-state index >= 15 is 0 Å². The van der Waals surface area contributed by atoms with E-state index in [0.717, 1.165) is 6.42 Å². The Morgan fingerprint density at radius 2 is 1.65 bits per heavy atom. The number of hydrogen-bond donors (Lipinski definition) is 1. The Morgan fingerprint density at radius 3 is 2.10 bits per heavy atom. The number of amides is 2. The van der Waals surface area contributed by atoms with Gasteiger partial charge in [0.15, 0.2) is 0 Å². The summed E-state index contributed by atoms with van der Waals surface area (Å²) >= 11 is 0. The zero-order valence-corrected chi connectivity index (χ0v) is 13.8. The van der Waals surface area contributed by atoms with Gasteiger partial charge in [0.1, 0.15) is 6.04 Å². The molecule has 1 atom stereocenters. The van der Waals surface area contributed by atoms with Crippen LogP contribution in [0.3, 0.4) is 0 Å². The van der Waals surface area contributed by atoms with Gasteiger partial charge in [0.25, 0.3) is 0 Å². The van der Waals surface area contributed by atoms with Crippen LogP contribution in [0.25, 0.3) is 0 Å². The third-order valence-corrected chi connectivity index (χ3v) is 4.13. The van der Waals surface area contributed by atoms with E-state index in [-0.39, 0.29) is 24.4 Å². The van der Waals surface area contributed by atoms with Crippen molar-refractivity contribution in [1.82, 2.24) is 10.2 Å². The minimum absolute atomic E-state index is 0.0264. The average Bonchev–Trinajstić information content (AvgIpc) is 2.29. The van der Waals surface area contributed by atoms with Gasteiger partial charge in [-0.2, -0.15) is 0 Å². The van der Waals surface area contributed by atoms with E-state index in [1.54, 1.807) is 4.90 Å². The fourth-order valence-corrected chi connectivity index (χ4v) is 3.00. The summed E-state index contributed by atoms with van der Waals surface area (Å²) in [6.07, 6.45) is 0.717. The lowest BCUT2D eigenvalue weighted by molar-refractivity contribution is -0.145. The summed E-state index contributed by atoms with van der Waals surface area (Å²) in [7, 11) is 0. The van der Waals surface area contributed by atoms with Gasteiger partial charge in [0.05, 0.1) is 6.54 Å². The Morgan fingerprint density at radius 1 is 1.10 bits per heavy atom. The SMILES string of the molecule is CC(C)CC1NC(=O)CN(CC(C(C)C)C(C)C)C1=O. The van der Waals surface area contributed by atoms with E-state index in [1.807, 2.05) is 0 Å². The number of carbonyl (C=O) groups excluding carboxylic acids is 2. The third kappa shape index (κ3) is 4.50. The van der Waals surface area contributed by atoms with Gasteiger partial charge in [-0.3, -0.25) is 9.59 Å². The highest BCUT2D eigenvalue weighted by molar-refractivity contribution is 5.94. The fraction of sp³-hybridized carbons (Fsp3) is 0.875. The van der Waals surface area contributed by atoms with Crippen molar-refractivity contribution < 1.29 is 9.59 Å². The smallest absolute Gasteiger partial charge is 0.245 e. The number of rotatable bonds is 6. The molecule has 20 heavy (non-hydrogen) atoms. The van der Waals surface area contributed by atoms with Gasteiger partial charge in [-0.15, -0.1) is 0 Å². The lowest BCUT2D eigenvalue weighted by atomic mass is 9.84. The Balaban J connectivity index is 2.77. The zero-order valence-electron chi connectivity index (χ0n) is 13.8. The van der Waals surface area contributed by atoms with E-state index in [4.69, 9.17) is 0 Å². The Kier molecular flexibility index (Phi) is 6.03. The van der Waals surface area contributed by atoms with E-state index in [0.29, 0.717) is 30.2 Å². The molecule has 0 aromatic rings. The maximum atomic E-state index is 12.5. The minimum atomic E-state index is -0.337. The van der Waals surface area contributed by atoms with Crippen LogP contribution in [0.5, 0.6) is 0 Å². The molecular weight excluding hydrogens is 252 g/mol. The molecule has 0 aromatic carbocycles. The van der Waals surface area contributed by atoms with Crippen LogP contribution >= 0.6 is 0 Å². The van der Waals surface area contributed by atoms with Crippen LogP contribution in [-0.4, -0.2) is 35.8 Å². The molecule has 0 aromatic heterocycles. The number of hydrogen-bond acceptors (Lipinski definition) is 2. The summed E-state index contributed by atoms with van der Waals surface area (Å²) in [6.45, 7) is 13.8. The predicted molar refractivity (Wildman–Crippen MR) is 81.1 cm³/mol. The van der Waals surface area contributed by atoms with Crippen LogP contribution in [0, 0.1) is 23.7 Å². The lowest BCUT2D eigenvalue weighted by Gasteiger charge is -2.37. The van der Waals surface area contributed by atoms with Crippen molar-refractivity contribution in [3.63, 3.8) is 0 Å². The molecular formula is C16H30N2O2. The van der Waals surface area contributed by atoms with E-state index in [9.17, 15) is 9.59 Å². The lowest BCUT2D eigenvalue weighted by Crippen LogP contribution is -2.59. The molecule has 0 bridgehead atoms. The molecule has 1 unspecified atom stereocenters. The van der Waals surface area contributed by atoms with Gasteiger partial charge in [-0.25, -0.2) is 0 Å². The molecule has 1 aliphatic heterocycles. The van der Waals surface area contributed by atoms with Gasteiger partial charge in [-0.1, -0.05) is 41.5 Å². The van der Waals surface area contributed by atoms with E-state index in [2.05, 4.69) is 46.9 Å². The number of carbonyl (C=O) groups is 2. The first kappa shape index (κ1) is 17.0. The first-order valence-electron chi connectivity index (χ1n) is 7.80. The molecule has 0 spiro atoms. The molecule has 4 heteroatoms. The van der Waals surface area contributed by atoms with Crippen LogP contribution in [0.4, 0.5) is 0 Å². The molecule has 1 fully saturated rings. The highest BCUT2D eigenvalue weighted by Gasteiger charge is 2.34. The molecule has 4 nitrogen and oxygen atoms in total. The molecule has 0 radical (unpaired) electrons. The Bertz CT molecular complexity index is 342. The molecule has 0 saturated carbocycles. The Hall–Kier alpha value is -1.06. The van der Waals surface area contributed by atoms with E-state index in [1.165, 1.54) is 0 Å². The summed E-state index contributed by atoms with van der Waals surface area (Å²) in [5.41, 5.74) is 0. The highest BCUT2D eigenvalue weighted by atomic mass is 16.2. The van der Waals surface area contributed by atoms with Gasteiger partial charge in [-0.05, 0) is 30.1 Å². The summed E-state index contributed by atoms with van der Waals surface area (Å²) in [6, 6.07) is -0.337. The second-order valence-corrected chi connectivity index (χ2v) is 7.12. The second-order valence-electron chi connectivity index (χ2n) is 7.12. The Labute approximate surface area is 123 Å². The summed E-state index contributed by atoms with van der Waals surface area (Å²) in [5, 5.41) is 2.83. The van der Waals surface area contributed by atoms with E-state index < -0.39 is 0 Å². The van der Waals surface area contributed by atoms with Crippen molar-refractivity contribution in [3.8, 4) is 0 Å². The molecule has 1 saturated heterocycles. The van der Waals surface area contributed by atoms with Crippen molar-refractivity contribution in [2.75, 3.05) is 13.1 Å². The summed E-state index contributed by atoms with van der Waals surface area (Å²) in [4.78, 5) is 26.1. The largest absolute Gasteiger partial charge is 0.343 e. The van der Waals surface area contributed by atoms with Crippen molar-refractivity contribution in [3.05, 3.63) is 0 Å². The molecule has 116 valence electrons. The van der Waals surface area contributed by atoms with Gasteiger partial charge in [0.2, 0.25) is 11.8 Å². The maximum Gasteiger partial charge on any atom is 0.245 e.